The summed E-state index contributed by atoms with van der Waals surface area (Å²) in [5, 5.41) is 3.66. The highest BCUT2D eigenvalue weighted by Gasteiger charge is 2.18. The number of fused-ring (bicyclic) bond motifs is 1. The Kier molecular flexibility index (Phi) is 7.50. The van der Waals surface area contributed by atoms with Gasteiger partial charge in [-0.05, 0) is 50.1 Å². The van der Waals surface area contributed by atoms with Crippen molar-refractivity contribution >= 4 is 33.9 Å². The molecule has 1 aromatic heterocycles. The normalized spacial score (nSPS) is 14.0. The first kappa shape index (κ1) is 24.1. The molecule has 180 valence electrons. The Hall–Kier alpha value is -4.07. The van der Waals surface area contributed by atoms with Crippen molar-refractivity contribution in [2.45, 2.75) is 19.8 Å². The van der Waals surface area contributed by atoms with Crippen molar-refractivity contribution < 1.29 is 18.3 Å². The molecule has 1 aliphatic rings. The van der Waals surface area contributed by atoms with E-state index in [9.17, 15) is 13.6 Å². The number of benzene rings is 2. The van der Waals surface area contributed by atoms with Gasteiger partial charge in [0.05, 0.1) is 5.52 Å². The standard InChI is InChI=1S/C27H26F2N4O2/c1-3-5-8-18(4-2)26-31-24-12-10-20(35-17-25(34)33-13-6-7-14-33)16-21(24)27(32-26)30-19-9-11-22(28)23(29)15-19/h3-5,8-12,15-16H,2,6-7,13-14,17H2,1H3,(H,30,31,32)/b5-3-,18-8+. The lowest BCUT2D eigenvalue weighted by atomic mass is 10.1. The summed E-state index contributed by atoms with van der Waals surface area (Å²) in [6.45, 7) is 7.18. The van der Waals surface area contributed by atoms with Gasteiger partial charge < -0.3 is 15.0 Å². The average Bonchev–Trinajstić information content (AvgIpc) is 3.41. The second kappa shape index (κ2) is 10.9. The topological polar surface area (TPSA) is 67.4 Å². The molecular weight excluding hydrogens is 450 g/mol. The third-order valence-electron chi connectivity index (χ3n) is 5.62. The van der Waals surface area contributed by atoms with Gasteiger partial charge in [0, 0.05) is 35.8 Å². The molecule has 6 nitrogen and oxygen atoms in total. The number of nitrogens with one attached hydrogen (secondary N) is 1. The fraction of sp³-hybridized carbons (Fsp3) is 0.222. The highest BCUT2D eigenvalue weighted by atomic mass is 19.2. The number of nitrogens with zero attached hydrogens (tertiary/aromatic N) is 3. The molecule has 1 amide bonds. The second-order valence-electron chi connectivity index (χ2n) is 8.06. The van der Waals surface area contributed by atoms with Gasteiger partial charge in [-0.2, -0.15) is 0 Å². The number of rotatable bonds is 8. The Morgan fingerprint density at radius 3 is 2.66 bits per heavy atom. The first-order chi connectivity index (χ1) is 17.0. The van der Waals surface area contributed by atoms with Crippen LogP contribution in [0.2, 0.25) is 0 Å². The molecule has 0 bridgehead atoms. The van der Waals surface area contributed by atoms with Crippen molar-refractivity contribution in [1.29, 1.82) is 0 Å². The SMILES string of the molecule is C=C/C(=C\C=C/C)c1nc(Nc2ccc(F)c(F)c2)c2cc(OCC(=O)N3CCCC3)ccc2n1. The van der Waals surface area contributed by atoms with Gasteiger partial charge in [-0.3, -0.25) is 4.79 Å². The van der Waals surface area contributed by atoms with Gasteiger partial charge in [0.2, 0.25) is 0 Å². The van der Waals surface area contributed by atoms with Gasteiger partial charge in [-0.15, -0.1) is 0 Å². The molecule has 0 saturated carbocycles. The number of anilines is 2. The maximum Gasteiger partial charge on any atom is 0.260 e. The van der Waals surface area contributed by atoms with Gasteiger partial charge in [-0.1, -0.05) is 30.9 Å². The lowest BCUT2D eigenvalue weighted by Gasteiger charge is -2.16. The van der Waals surface area contributed by atoms with Crippen LogP contribution in [-0.4, -0.2) is 40.5 Å². The summed E-state index contributed by atoms with van der Waals surface area (Å²) < 4.78 is 33.0. The number of ether oxygens (including phenoxy) is 1. The van der Waals surface area contributed by atoms with E-state index in [4.69, 9.17) is 4.74 Å². The number of carbonyl (C=O) groups excluding carboxylic acids is 1. The summed E-state index contributed by atoms with van der Waals surface area (Å²) in [7, 11) is 0. The minimum atomic E-state index is -0.974. The zero-order chi connectivity index (χ0) is 24.8. The van der Waals surface area contributed by atoms with Crippen molar-refractivity contribution in [2.75, 3.05) is 25.0 Å². The zero-order valence-corrected chi connectivity index (χ0v) is 19.4. The smallest absolute Gasteiger partial charge is 0.260 e. The van der Waals surface area contributed by atoms with E-state index < -0.39 is 11.6 Å². The summed E-state index contributed by atoms with van der Waals surface area (Å²) in [4.78, 5) is 23.4. The third kappa shape index (κ3) is 5.71. The summed E-state index contributed by atoms with van der Waals surface area (Å²) in [5.74, 6) is -0.709. The van der Waals surface area contributed by atoms with Crippen molar-refractivity contribution in [2.24, 2.45) is 0 Å². The van der Waals surface area contributed by atoms with Crippen molar-refractivity contribution in [3.63, 3.8) is 0 Å². The van der Waals surface area contributed by atoms with Crippen molar-refractivity contribution in [1.82, 2.24) is 14.9 Å². The van der Waals surface area contributed by atoms with Gasteiger partial charge in [-0.25, -0.2) is 18.7 Å². The lowest BCUT2D eigenvalue weighted by Crippen LogP contribution is -2.32. The molecule has 3 aromatic rings. The van der Waals surface area contributed by atoms with Crippen LogP contribution in [0.1, 0.15) is 25.6 Å². The van der Waals surface area contributed by atoms with Crippen molar-refractivity contribution in [3.8, 4) is 5.75 Å². The van der Waals surface area contributed by atoms with E-state index in [1.165, 1.54) is 6.07 Å². The van der Waals surface area contributed by atoms with E-state index in [0.29, 0.717) is 39.6 Å². The van der Waals surface area contributed by atoms with Crippen LogP contribution >= 0.6 is 0 Å². The maximum atomic E-state index is 13.8. The molecule has 4 rings (SSSR count). The molecule has 0 spiro atoms. The summed E-state index contributed by atoms with van der Waals surface area (Å²) in [6.07, 6.45) is 9.21. The van der Waals surface area contributed by atoms with E-state index in [2.05, 4.69) is 21.9 Å². The zero-order valence-electron chi connectivity index (χ0n) is 19.4. The largest absolute Gasteiger partial charge is 0.484 e. The van der Waals surface area contributed by atoms with Crippen LogP contribution in [-0.2, 0) is 4.79 Å². The minimum Gasteiger partial charge on any atom is -0.484 e. The van der Waals surface area contributed by atoms with Gasteiger partial charge >= 0.3 is 0 Å². The fourth-order valence-corrected chi connectivity index (χ4v) is 3.77. The number of amides is 1. The molecule has 0 unspecified atom stereocenters. The number of hydrogen-bond donors (Lipinski definition) is 1. The molecule has 1 fully saturated rings. The number of hydrogen-bond acceptors (Lipinski definition) is 5. The van der Waals surface area contributed by atoms with Crippen LogP contribution in [0.3, 0.4) is 0 Å². The molecule has 0 aliphatic carbocycles. The summed E-state index contributed by atoms with van der Waals surface area (Å²) >= 11 is 0. The van der Waals surface area contributed by atoms with Crippen LogP contribution in [0.5, 0.6) is 5.75 Å². The van der Waals surface area contributed by atoms with Crippen LogP contribution in [0.15, 0.2) is 67.3 Å². The molecular formula is C27H26F2N4O2. The van der Waals surface area contributed by atoms with Crippen LogP contribution < -0.4 is 10.1 Å². The van der Waals surface area contributed by atoms with E-state index in [1.807, 2.05) is 25.2 Å². The molecule has 2 aromatic carbocycles. The Bertz CT molecular complexity index is 1310. The van der Waals surface area contributed by atoms with E-state index in [1.54, 1.807) is 29.2 Å². The van der Waals surface area contributed by atoms with Crippen LogP contribution in [0.4, 0.5) is 20.3 Å². The number of aromatic nitrogens is 2. The van der Waals surface area contributed by atoms with E-state index in [0.717, 1.165) is 38.1 Å². The molecule has 0 radical (unpaired) electrons. The molecule has 0 atom stereocenters. The highest BCUT2D eigenvalue weighted by Crippen LogP contribution is 2.30. The lowest BCUT2D eigenvalue weighted by molar-refractivity contribution is -0.132. The first-order valence-electron chi connectivity index (χ1n) is 11.4. The van der Waals surface area contributed by atoms with Crippen molar-refractivity contribution in [3.05, 3.63) is 84.7 Å². The molecule has 1 saturated heterocycles. The Morgan fingerprint density at radius 1 is 1.14 bits per heavy atom. The maximum absolute atomic E-state index is 13.8. The van der Waals surface area contributed by atoms with Gasteiger partial charge in [0.1, 0.15) is 11.6 Å². The van der Waals surface area contributed by atoms with E-state index in [-0.39, 0.29) is 12.5 Å². The number of halogens is 2. The third-order valence-corrected chi connectivity index (χ3v) is 5.62. The predicted molar refractivity (Wildman–Crippen MR) is 133 cm³/mol. The van der Waals surface area contributed by atoms with E-state index >= 15 is 0 Å². The monoisotopic (exact) mass is 476 g/mol. The van der Waals surface area contributed by atoms with Gasteiger partial charge in [0.15, 0.2) is 24.1 Å². The summed E-state index contributed by atoms with van der Waals surface area (Å²) in [5.41, 5.74) is 1.62. The number of carbonyl (C=O) groups is 1. The molecule has 35 heavy (non-hydrogen) atoms. The van der Waals surface area contributed by atoms with Crippen LogP contribution in [0.25, 0.3) is 16.5 Å². The van der Waals surface area contributed by atoms with Gasteiger partial charge in [0.25, 0.3) is 5.91 Å². The Balaban J connectivity index is 1.71. The number of allylic oxidation sites excluding steroid dienone is 5. The highest BCUT2D eigenvalue weighted by molar-refractivity contribution is 5.93. The predicted octanol–water partition coefficient (Wildman–Crippen LogP) is 5.80. The molecule has 1 aliphatic heterocycles. The Labute approximate surface area is 202 Å². The molecule has 1 N–H and O–H groups in total. The first-order valence-corrected chi connectivity index (χ1v) is 11.4. The quantitative estimate of drug-likeness (QED) is 0.417. The number of likely N-dealkylation sites (tertiary alicyclic amines) is 1. The minimum absolute atomic E-state index is 0.0564. The Morgan fingerprint density at radius 2 is 1.94 bits per heavy atom. The molecule has 2 heterocycles. The second-order valence-corrected chi connectivity index (χ2v) is 8.06. The van der Waals surface area contributed by atoms with Crippen LogP contribution in [0, 0.1) is 11.6 Å². The fourth-order valence-electron chi connectivity index (χ4n) is 3.77. The summed E-state index contributed by atoms with van der Waals surface area (Å²) in [6, 6.07) is 8.75. The molecule has 8 heteroatoms. The average molecular weight is 477 g/mol.